The van der Waals surface area contributed by atoms with Gasteiger partial charge in [-0.3, -0.25) is 9.59 Å². The number of hydrogen-bond donors (Lipinski definition) is 1. The Labute approximate surface area is 163 Å². The fourth-order valence-corrected chi connectivity index (χ4v) is 3.14. The molecule has 2 aromatic rings. The van der Waals surface area contributed by atoms with Gasteiger partial charge >= 0.3 is 0 Å². The van der Waals surface area contributed by atoms with Crippen LogP contribution in [0.5, 0.6) is 5.75 Å². The third-order valence-electron chi connectivity index (χ3n) is 4.53. The summed E-state index contributed by atoms with van der Waals surface area (Å²) in [5.74, 6) is -0.232. The highest BCUT2D eigenvalue weighted by Gasteiger charge is 2.30. The number of anilines is 1. The lowest BCUT2D eigenvalue weighted by molar-refractivity contribution is -0.139. The fraction of sp³-hybridized carbons (Fsp3) is 0.333. The average Bonchev–Trinajstić information content (AvgIpc) is 2.80. The first-order valence-electron chi connectivity index (χ1n) is 9.12. The van der Waals surface area contributed by atoms with E-state index in [1.165, 1.54) is 13.2 Å². The van der Waals surface area contributed by atoms with Gasteiger partial charge in [0.2, 0.25) is 5.91 Å². The fourth-order valence-electron chi connectivity index (χ4n) is 3.14. The second-order valence-electron chi connectivity index (χ2n) is 6.60. The van der Waals surface area contributed by atoms with Gasteiger partial charge in [-0.05, 0) is 30.7 Å². The van der Waals surface area contributed by atoms with E-state index in [4.69, 9.17) is 9.47 Å². The van der Waals surface area contributed by atoms with Gasteiger partial charge in [0.05, 0.1) is 0 Å². The summed E-state index contributed by atoms with van der Waals surface area (Å²) in [7, 11) is 1.45. The number of carbonyl (C=O) groups is 2. The normalized spacial score (nSPS) is 16.2. The number of hydrogen-bond acceptors (Lipinski definition) is 4. The summed E-state index contributed by atoms with van der Waals surface area (Å²) in [5, 5.41) is 2.74. The molecule has 1 aliphatic rings. The lowest BCUT2D eigenvalue weighted by Gasteiger charge is -2.23. The molecule has 7 heteroatoms. The highest BCUT2D eigenvalue weighted by Crippen LogP contribution is 2.30. The summed E-state index contributed by atoms with van der Waals surface area (Å²) in [6.07, 6.45) is -0.139. The van der Waals surface area contributed by atoms with Crippen LogP contribution < -0.4 is 10.1 Å². The molecule has 1 N–H and O–H groups in total. The number of amides is 2. The Morgan fingerprint density at radius 1 is 1.32 bits per heavy atom. The van der Waals surface area contributed by atoms with Crippen molar-refractivity contribution >= 4 is 17.5 Å². The van der Waals surface area contributed by atoms with Crippen LogP contribution in [0, 0.1) is 5.82 Å². The maximum absolute atomic E-state index is 14.1. The second-order valence-corrected chi connectivity index (χ2v) is 6.60. The lowest BCUT2D eigenvalue weighted by Crippen LogP contribution is -2.39. The molecule has 0 saturated carbocycles. The van der Waals surface area contributed by atoms with Gasteiger partial charge in [-0.2, -0.15) is 0 Å². The van der Waals surface area contributed by atoms with E-state index in [1.807, 2.05) is 6.92 Å². The van der Waals surface area contributed by atoms with Crippen LogP contribution in [0.25, 0.3) is 0 Å². The molecule has 0 spiro atoms. The van der Waals surface area contributed by atoms with Crippen molar-refractivity contribution in [2.75, 3.05) is 19.0 Å². The Morgan fingerprint density at radius 2 is 2.11 bits per heavy atom. The van der Waals surface area contributed by atoms with E-state index in [2.05, 4.69) is 5.32 Å². The van der Waals surface area contributed by atoms with Crippen LogP contribution >= 0.6 is 0 Å². The van der Waals surface area contributed by atoms with Crippen molar-refractivity contribution in [1.29, 1.82) is 0 Å². The highest BCUT2D eigenvalue weighted by atomic mass is 19.1. The van der Waals surface area contributed by atoms with Crippen LogP contribution in [0.3, 0.4) is 0 Å². The molecule has 1 heterocycles. The van der Waals surface area contributed by atoms with Crippen LogP contribution in [0.1, 0.15) is 24.5 Å². The zero-order valence-electron chi connectivity index (χ0n) is 15.9. The molecule has 1 aliphatic heterocycles. The molecule has 3 rings (SSSR count). The number of benzene rings is 2. The number of ether oxygens (including phenoxy) is 2. The molecule has 2 amide bonds. The zero-order chi connectivity index (χ0) is 20.1. The molecule has 0 saturated heterocycles. The van der Waals surface area contributed by atoms with E-state index in [0.717, 1.165) is 5.56 Å². The average molecular weight is 386 g/mol. The van der Waals surface area contributed by atoms with E-state index in [-0.39, 0.29) is 37.3 Å². The molecule has 1 atom stereocenters. The third-order valence-corrected chi connectivity index (χ3v) is 4.53. The smallest absolute Gasteiger partial charge is 0.264 e. The van der Waals surface area contributed by atoms with Gasteiger partial charge in [-0.25, -0.2) is 4.39 Å². The molecule has 0 fully saturated rings. The number of rotatable bonds is 6. The van der Waals surface area contributed by atoms with E-state index in [0.29, 0.717) is 23.4 Å². The van der Waals surface area contributed by atoms with Crippen molar-refractivity contribution in [1.82, 2.24) is 4.90 Å². The lowest BCUT2D eigenvalue weighted by atomic mass is 10.1. The first-order chi connectivity index (χ1) is 13.5. The van der Waals surface area contributed by atoms with Gasteiger partial charge in [0.1, 0.15) is 18.2 Å². The summed E-state index contributed by atoms with van der Waals surface area (Å²) in [5.41, 5.74) is 1.77. The Kier molecular flexibility index (Phi) is 6.26. The summed E-state index contributed by atoms with van der Waals surface area (Å²) >= 11 is 0. The van der Waals surface area contributed by atoms with Gasteiger partial charge in [-0.1, -0.05) is 25.1 Å². The molecule has 0 radical (unpaired) electrons. The number of nitrogens with one attached hydrogen (secondary N) is 1. The van der Waals surface area contributed by atoms with Gasteiger partial charge in [0, 0.05) is 37.0 Å². The highest BCUT2D eigenvalue weighted by molar-refractivity contribution is 5.92. The maximum atomic E-state index is 14.1. The van der Waals surface area contributed by atoms with Crippen molar-refractivity contribution in [2.45, 2.75) is 32.5 Å². The topological polar surface area (TPSA) is 67.9 Å². The number of halogens is 1. The van der Waals surface area contributed by atoms with Crippen LogP contribution in [0.15, 0.2) is 42.5 Å². The first kappa shape index (κ1) is 19.8. The number of carbonyl (C=O) groups excluding carboxylic acids is 2. The minimum absolute atomic E-state index is 0.0522. The molecule has 2 aromatic carbocycles. The monoisotopic (exact) mass is 386 g/mol. The van der Waals surface area contributed by atoms with Crippen LogP contribution in [0.4, 0.5) is 10.1 Å². The van der Waals surface area contributed by atoms with Crippen molar-refractivity contribution in [3.8, 4) is 5.75 Å². The minimum atomic E-state index is -0.637. The molecule has 0 aliphatic carbocycles. The van der Waals surface area contributed by atoms with E-state index < -0.39 is 6.10 Å². The number of nitrogens with zero attached hydrogens (tertiary/aromatic N) is 1. The standard InChI is InChI=1S/C21H23FN2O4/c1-3-18-21(26)24(11-14-6-4-5-7-17(14)22)12-15-10-16(8-9-19(15)28-18)23-20(25)13-27-2/h4-10,18H,3,11-13H2,1-2H3,(H,23,25). The molecule has 148 valence electrons. The molecular weight excluding hydrogens is 363 g/mol. The Balaban J connectivity index is 1.88. The molecule has 1 unspecified atom stereocenters. The van der Waals surface area contributed by atoms with Gasteiger partial charge in [-0.15, -0.1) is 0 Å². The largest absolute Gasteiger partial charge is 0.480 e. The van der Waals surface area contributed by atoms with Gasteiger partial charge in [0.15, 0.2) is 6.10 Å². The van der Waals surface area contributed by atoms with Crippen molar-refractivity contribution < 1.29 is 23.5 Å². The van der Waals surface area contributed by atoms with Gasteiger partial charge < -0.3 is 19.7 Å². The van der Waals surface area contributed by atoms with E-state index in [1.54, 1.807) is 41.3 Å². The first-order valence-corrected chi connectivity index (χ1v) is 9.12. The van der Waals surface area contributed by atoms with Crippen molar-refractivity contribution in [3.05, 3.63) is 59.4 Å². The van der Waals surface area contributed by atoms with Crippen molar-refractivity contribution in [3.63, 3.8) is 0 Å². The summed E-state index contributed by atoms with van der Waals surface area (Å²) in [6.45, 7) is 2.22. The van der Waals surface area contributed by atoms with E-state index >= 15 is 0 Å². The zero-order valence-corrected chi connectivity index (χ0v) is 15.9. The maximum Gasteiger partial charge on any atom is 0.264 e. The van der Waals surface area contributed by atoms with Gasteiger partial charge in [0.25, 0.3) is 5.91 Å². The molecule has 0 bridgehead atoms. The number of methoxy groups -OCH3 is 1. The van der Waals surface area contributed by atoms with Crippen LogP contribution in [0.2, 0.25) is 0 Å². The molecule has 0 aromatic heterocycles. The molecular formula is C21H23FN2O4. The Hall–Kier alpha value is -2.93. The SMILES string of the molecule is CCC1Oc2ccc(NC(=O)COC)cc2CN(Cc2ccccc2F)C1=O. The van der Waals surface area contributed by atoms with E-state index in [9.17, 15) is 14.0 Å². The molecule has 6 nitrogen and oxygen atoms in total. The van der Waals surface area contributed by atoms with Crippen LogP contribution in [-0.4, -0.2) is 36.5 Å². The number of fused-ring (bicyclic) bond motifs is 1. The Morgan fingerprint density at radius 3 is 2.82 bits per heavy atom. The predicted octanol–water partition coefficient (Wildman–Crippen LogP) is 3.11. The van der Waals surface area contributed by atoms with Crippen LogP contribution in [-0.2, 0) is 27.4 Å². The summed E-state index contributed by atoms with van der Waals surface area (Å²) in [6, 6.07) is 11.6. The molecule has 28 heavy (non-hydrogen) atoms. The summed E-state index contributed by atoms with van der Waals surface area (Å²) in [4.78, 5) is 26.3. The van der Waals surface area contributed by atoms with Crippen molar-refractivity contribution in [2.24, 2.45) is 0 Å². The summed E-state index contributed by atoms with van der Waals surface area (Å²) < 4.78 is 24.8. The second kappa shape index (κ2) is 8.84. The predicted molar refractivity (Wildman–Crippen MR) is 102 cm³/mol. The Bertz CT molecular complexity index is 871. The quantitative estimate of drug-likeness (QED) is 0.828. The minimum Gasteiger partial charge on any atom is -0.480 e. The third kappa shape index (κ3) is 4.48.